The Labute approximate surface area is 188 Å². The zero-order valence-electron chi connectivity index (χ0n) is 18.9. The van der Waals surface area contributed by atoms with Crippen LogP contribution in [0.4, 0.5) is 0 Å². The van der Waals surface area contributed by atoms with Crippen molar-refractivity contribution in [3.8, 4) is 11.1 Å². The smallest absolute Gasteiger partial charge is 0.00253 e. The Balaban J connectivity index is 1.49. The van der Waals surface area contributed by atoms with Gasteiger partial charge in [-0.25, -0.2) is 0 Å². The molecule has 2 aliphatic carbocycles. The van der Waals surface area contributed by atoms with Gasteiger partial charge in [0.05, 0.1) is 0 Å². The number of hydrogen-bond acceptors (Lipinski definition) is 0. The second-order valence-corrected chi connectivity index (χ2v) is 9.87. The van der Waals surface area contributed by atoms with Crippen LogP contribution in [-0.2, 0) is 19.3 Å². The van der Waals surface area contributed by atoms with Gasteiger partial charge in [-0.3, -0.25) is 0 Å². The largest absolute Gasteiger partial charge is 0.0995 e. The molecule has 31 heavy (non-hydrogen) atoms. The highest BCUT2D eigenvalue weighted by Crippen LogP contribution is 2.36. The summed E-state index contributed by atoms with van der Waals surface area (Å²) >= 11 is 0. The highest BCUT2D eigenvalue weighted by Gasteiger charge is 2.18. The highest BCUT2D eigenvalue weighted by molar-refractivity contribution is 5.66. The Morgan fingerprint density at radius 1 is 0.742 bits per heavy atom. The van der Waals surface area contributed by atoms with Crippen LogP contribution in [0.25, 0.3) is 11.1 Å². The molecule has 5 rings (SSSR count). The zero-order valence-corrected chi connectivity index (χ0v) is 18.9. The molecule has 0 spiro atoms. The molecule has 3 aromatic rings. The summed E-state index contributed by atoms with van der Waals surface area (Å²) in [7, 11) is 0. The third-order valence-electron chi connectivity index (χ3n) is 7.34. The molecule has 0 saturated heterocycles. The quantitative estimate of drug-likeness (QED) is 0.382. The second-order valence-electron chi connectivity index (χ2n) is 9.87. The molecule has 0 nitrogen and oxygen atoms in total. The molecule has 0 aromatic heterocycles. The van der Waals surface area contributed by atoms with E-state index in [1.54, 1.807) is 5.56 Å². The van der Waals surface area contributed by atoms with Gasteiger partial charge >= 0.3 is 0 Å². The maximum absolute atomic E-state index is 4.20. The number of benzene rings is 3. The standard InChI is InChI=1S/C31H34/c1-22-8-12-27(13-9-22)31-20-25(19-30(21-31)26-6-4-3-5-7-26)17-24-11-15-28-16-23(2)10-14-29(28)18-24/h8-9,11-13,15,18-21,26H,2-7,10,14,16-17H2,1H3. The minimum Gasteiger partial charge on any atom is -0.0995 e. The van der Waals surface area contributed by atoms with Crippen LogP contribution in [0.1, 0.15) is 77.8 Å². The van der Waals surface area contributed by atoms with Crippen molar-refractivity contribution >= 4 is 0 Å². The molecule has 158 valence electrons. The second kappa shape index (κ2) is 8.87. The van der Waals surface area contributed by atoms with Crippen molar-refractivity contribution in [3.63, 3.8) is 0 Å². The SMILES string of the molecule is C=C1CCc2cc(Cc3cc(-c4ccc(C)cc4)cc(C4CCCCC4)c3)ccc2C1. The molecule has 0 radical (unpaired) electrons. The van der Waals surface area contributed by atoms with Crippen LogP contribution >= 0.6 is 0 Å². The normalized spacial score (nSPS) is 16.9. The minimum absolute atomic E-state index is 0.729. The van der Waals surface area contributed by atoms with Crippen molar-refractivity contribution in [2.75, 3.05) is 0 Å². The predicted molar refractivity (Wildman–Crippen MR) is 133 cm³/mol. The predicted octanol–water partition coefficient (Wildman–Crippen LogP) is 8.35. The molecule has 0 unspecified atom stereocenters. The zero-order chi connectivity index (χ0) is 21.2. The summed E-state index contributed by atoms with van der Waals surface area (Å²) in [6.45, 7) is 6.37. The number of rotatable bonds is 4. The lowest BCUT2D eigenvalue weighted by Crippen LogP contribution is -2.07. The number of allylic oxidation sites excluding steroid dienone is 1. The molecule has 1 fully saturated rings. The minimum atomic E-state index is 0.729. The molecule has 0 atom stereocenters. The molecule has 0 N–H and O–H groups in total. The van der Waals surface area contributed by atoms with Crippen LogP contribution in [0.3, 0.4) is 0 Å². The van der Waals surface area contributed by atoms with Crippen LogP contribution in [-0.4, -0.2) is 0 Å². The Morgan fingerprint density at radius 3 is 2.35 bits per heavy atom. The molecule has 0 heteroatoms. The van der Waals surface area contributed by atoms with E-state index < -0.39 is 0 Å². The van der Waals surface area contributed by atoms with E-state index in [4.69, 9.17) is 0 Å². The summed E-state index contributed by atoms with van der Waals surface area (Å²) in [6, 6.07) is 23.6. The summed E-state index contributed by atoms with van der Waals surface area (Å²) in [6.07, 6.45) is 11.2. The third-order valence-corrected chi connectivity index (χ3v) is 7.34. The van der Waals surface area contributed by atoms with Crippen LogP contribution in [0, 0.1) is 6.92 Å². The fraction of sp³-hybridized carbons (Fsp3) is 0.355. The van der Waals surface area contributed by atoms with Crippen LogP contribution < -0.4 is 0 Å². The van der Waals surface area contributed by atoms with Crippen LogP contribution in [0.15, 0.2) is 72.8 Å². The molecular formula is C31H34. The molecule has 0 bridgehead atoms. The van der Waals surface area contributed by atoms with Gasteiger partial charge < -0.3 is 0 Å². The molecule has 2 aliphatic rings. The summed E-state index contributed by atoms with van der Waals surface area (Å²) < 4.78 is 0. The average molecular weight is 407 g/mol. The Morgan fingerprint density at radius 2 is 1.55 bits per heavy atom. The van der Waals surface area contributed by atoms with Crippen LogP contribution in [0.5, 0.6) is 0 Å². The van der Waals surface area contributed by atoms with Gasteiger partial charge in [0, 0.05) is 0 Å². The van der Waals surface area contributed by atoms with Gasteiger partial charge in [-0.05, 0) is 90.3 Å². The lowest BCUT2D eigenvalue weighted by molar-refractivity contribution is 0.443. The Kier molecular flexibility index (Phi) is 5.81. The van der Waals surface area contributed by atoms with Crippen molar-refractivity contribution < 1.29 is 0 Å². The van der Waals surface area contributed by atoms with Crippen molar-refractivity contribution in [1.29, 1.82) is 0 Å². The van der Waals surface area contributed by atoms with E-state index in [9.17, 15) is 0 Å². The summed E-state index contributed by atoms with van der Waals surface area (Å²) in [4.78, 5) is 0. The maximum atomic E-state index is 4.20. The van der Waals surface area contributed by atoms with Gasteiger partial charge in [-0.1, -0.05) is 97.6 Å². The monoisotopic (exact) mass is 406 g/mol. The van der Waals surface area contributed by atoms with Gasteiger partial charge in [-0.2, -0.15) is 0 Å². The molecular weight excluding hydrogens is 372 g/mol. The first-order valence-corrected chi connectivity index (χ1v) is 12.1. The van der Waals surface area contributed by atoms with E-state index in [2.05, 4.69) is 74.2 Å². The molecule has 1 saturated carbocycles. The highest BCUT2D eigenvalue weighted by atomic mass is 14.2. The maximum Gasteiger partial charge on any atom is -0.00253 e. The van der Waals surface area contributed by atoms with Gasteiger partial charge in [0.15, 0.2) is 0 Å². The van der Waals surface area contributed by atoms with Crippen molar-refractivity contribution in [2.45, 2.75) is 70.6 Å². The number of hydrogen-bond donors (Lipinski definition) is 0. The average Bonchev–Trinajstić information content (AvgIpc) is 2.80. The lowest BCUT2D eigenvalue weighted by Gasteiger charge is -2.24. The van der Waals surface area contributed by atoms with E-state index in [-0.39, 0.29) is 0 Å². The summed E-state index contributed by atoms with van der Waals surface area (Å²) in [5.74, 6) is 0.729. The van der Waals surface area contributed by atoms with Crippen molar-refractivity contribution in [2.24, 2.45) is 0 Å². The van der Waals surface area contributed by atoms with Gasteiger partial charge in [0.25, 0.3) is 0 Å². The van der Waals surface area contributed by atoms with Crippen LogP contribution in [0.2, 0.25) is 0 Å². The number of fused-ring (bicyclic) bond motifs is 1. The van der Waals surface area contributed by atoms with E-state index in [0.717, 1.165) is 31.6 Å². The van der Waals surface area contributed by atoms with Gasteiger partial charge in [0.2, 0.25) is 0 Å². The van der Waals surface area contributed by atoms with E-state index >= 15 is 0 Å². The summed E-state index contributed by atoms with van der Waals surface area (Å²) in [5.41, 5.74) is 12.9. The molecule has 3 aromatic carbocycles. The molecule has 0 aliphatic heterocycles. The van der Waals surface area contributed by atoms with Gasteiger partial charge in [-0.15, -0.1) is 0 Å². The lowest BCUT2D eigenvalue weighted by atomic mass is 9.81. The third kappa shape index (κ3) is 4.69. The Hall–Kier alpha value is -2.60. The molecule has 0 amide bonds. The topological polar surface area (TPSA) is 0 Å². The Bertz CT molecular complexity index is 1080. The van der Waals surface area contributed by atoms with Crippen molar-refractivity contribution in [1.82, 2.24) is 0 Å². The molecule has 0 heterocycles. The summed E-state index contributed by atoms with van der Waals surface area (Å²) in [5, 5.41) is 0. The fourth-order valence-electron chi connectivity index (χ4n) is 5.50. The number of aryl methyl sites for hydroxylation is 2. The van der Waals surface area contributed by atoms with Gasteiger partial charge in [0.1, 0.15) is 0 Å². The van der Waals surface area contributed by atoms with E-state index in [0.29, 0.717) is 0 Å². The first kappa shape index (κ1) is 20.3. The fourth-order valence-corrected chi connectivity index (χ4v) is 5.50. The first-order valence-electron chi connectivity index (χ1n) is 12.1. The van der Waals surface area contributed by atoms with E-state index in [1.807, 2.05) is 0 Å². The van der Waals surface area contributed by atoms with Crippen molar-refractivity contribution in [3.05, 3.63) is 106 Å². The van der Waals surface area contributed by atoms with E-state index in [1.165, 1.54) is 76.6 Å². The first-order chi connectivity index (χ1) is 15.1.